The van der Waals surface area contributed by atoms with Gasteiger partial charge in [0.1, 0.15) is 22.8 Å². The first-order valence-electron chi connectivity index (χ1n) is 12.0. The third-order valence-electron chi connectivity index (χ3n) is 6.50. The maximum atomic E-state index is 13.3. The van der Waals surface area contributed by atoms with Crippen molar-refractivity contribution in [3.8, 4) is 17.2 Å². The molecule has 0 bridgehead atoms. The molecular formula is C26H25F3N6O3. The fourth-order valence-corrected chi connectivity index (χ4v) is 4.59. The Morgan fingerprint density at radius 1 is 1.18 bits per heavy atom. The summed E-state index contributed by atoms with van der Waals surface area (Å²) in [7, 11) is 1.34. The van der Waals surface area contributed by atoms with Gasteiger partial charge in [-0.15, -0.1) is 0 Å². The van der Waals surface area contributed by atoms with E-state index in [0.717, 1.165) is 31.2 Å². The molecule has 4 aromatic rings. The number of benzene rings is 1. The molecule has 3 heterocycles. The van der Waals surface area contributed by atoms with Crippen LogP contribution < -0.4 is 15.8 Å². The van der Waals surface area contributed by atoms with Crippen LogP contribution in [0.1, 0.15) is 53.6 Å². The minimum Gasteiger partial charge on any atom is -0.494 e. The number of rotatable bonds is 7. The Labute approximate surface area is 215 Å². The van der Waals surface area contributed by atoms with Crippen LogP contribution in [0.5, 0.6) is 5.75 Å². The SMILES string of the molecule is COc1ccc(-c2nc(C(=O)N[C@H]3C[C@@H](Cc4ncccn4)C3)c([C@H](C)N)o2)c2ccc(C(F)(F)F)nc12. The molecule has 1 atom stereocenters. The number of nitrogens with zero attached hydrogens (tertiary/aromatic N) is 4. The zero-order valence-electron chi connectivity index (χ0n) is 20.6. The second-order valence-electron chi connectivity index (χ2n) is 9.30. The van der Waals surface area contributed by atoms with E-state index in [-0.39, 0.29) is 34.7 Å². The van der Waals surface area contributed by atoms with Crippen LogP contribution >= 0.6 is 0 Å². The van der Waals surface area contributed by atoms with Crippen molar-refractivity contribution in [1.29, 1.82) is 0 Å². The summed E-state index contributed by atoms with van der Waals surface area (Å²) in [4.78, 5) is 29.8. The zero-order chi connectivity index (χ0) is 27.0. The van der Waals surface area contributed by atoms with Crippen molar-refractivity contribution in [3.63, 3.8) is 0 Å². The highest BCUT2D eigenvalue weighted by Crippen LogP contribution is 2.37. The monoisotopic (exact) mass is 526 g/mol. The molecule has 0 spiro atoms. The van der Waals surface area contributed by atoms with E-state index in [1.807, 2.05) is 0 Å². The van der Waals surface area contributed by atoms with Gasteiger partial charge < -0.3 is 20.2 Å². The number of alkyl halides is 3. The number of fused-ring (bicyclic) bond motifs is 1. The molecular weight excluding hydrogens is 501 g/mol. The van der Waals surface area contributed by atoms with Gasteiger partial charge in [-0.05, 0) is 56.0 Å². The summed E-state index contributed by atoms with van der Waals surface area (Å²) in [6, 6.07) is 6.30. The summed E-state index contributed by atoms with van der Waals surface area (Å²) in [5, 5.41) is 3.30. The summed E-state index contributed by atoms with van der Waals surface area (Å²) in [6.07, 6.45) is 1.07. The standard InChI is InChI=1S/C26H25F3N6O3/c1-13(30)23-22(24(36)33-15-10-14(11-15)12-20-31-8-3-9-32-20)35-25(38-23)17-4-6-18(37-2)21-16(17)5-7-19(34-21)26(27,28)29/h3-9,13-15H,10-12,30H2,1-2H3,(H,33,36)/t13-,14-,15+/m0/s1. The number of oxazole rings is 1. The molecule has 1 aromatic carbocycles. The summed E-state index contributed by atoms with van der Waals surface area (Å²) in [6.45, 7) is 1.66. The van der Waals surface area contributed by atoms with Gasteiger partial charge in [-0.3, -0.25) is 4.79 Å². The van der Waals surface area contributed by atoms with Crippen molar-refractivity contribution in [2.24, 2.45) is 11.7 Å². The quantitative estimate of drug-likeness (QED) is 0.361. The van der Waals surface area contributed by atoms with Gasteiger partial charge in [-0.1, -0.05) is 0 Å². The van der Waals surface area contributed by atoms with E-state index in [9.17, 15) is 18.0 Å². The molecule has 1 saturated carbocycles. The summed E-state index contributed by atoms with van der Waals surface area (Å²) in [5.41, 5.74) is 5.40. The van der Waals surface area contributed by atoms with Gasteiger partial charge in [0.25, 0.3) is 5.91 Å². The predicted molar refractivity (Wildman–Crippen MR) is 131 cm³/mol. The summed E-state index contributed by atoms with van der Waals surface area (Å²) < 4.78 is 51.0. The number of halogens is 3. The van der Waals surface area contributed by atoms with Crippen LogP contribution in [0, 0.1) is 5.92 Å². The first kappa shape index (κ1) is 25.6. The number of pyridine rings is 1. The Morgan fingerprint density at radius 2 is 1.92 bits per heavy atom. The molecule has 0 unspecified atom stereocenters. The largest absolute Gasteiger partial charge is 0.494 e. The van der Waals surface area contributed by atoms with Gasteiger partial charge in [0.2, 0.25) is 5.89 Å². The minimum atomic E-state index is -4.62. The molecule has 0 saturated heterocycles. The zero-order valence-corrected chi connectivity index (χ0v) is 20.6. The highest BCUT2D eigenvalue weighted by Gasteiger charge is 2.35. The lowest BCUT2D eigenvalue weighted by molar-refractivity contribution is -0.140. The number of carbonyl (C=O) groups is 1. The van der Waals surface area contributed by atoms with Gasteiger partial charge >= 0.3 is 6.18 Å². The molecule has 5 rings (SSSR count). The predicted octanol–water partition coefficient (Wildman–Crippen LogP) is 4.48. The number of methoxy groups -OCH3 is 1. The van der Waals surface area contributed by atoms with Gasteiger partial charge in [0.05, 0.1) is 13.2 Å². The van der Waals surface area contributed by atoms with Gasteiger partial charge in [0, 0.05) is 35.8 Å². The second kappa shape index (κ2) is 10.0. The Bertz CT molecular complexity index is 1470. The van der Waals surface area contributed by atoms with Gasteiger partial charge in [0.15, 0.2) is 11.5 Å². The number of aromatic nitrogens is 4. The average Bonchev–Trinajstić information content (AvgIpc) is 3.32. The molecule has 0 radical (unpaired) electrons. The van der Waals surface area contributed by atoms with E-state index < -0.39 is 23.8 Å². The summed E-state index contributed by atoms with van der Waals surface area (Å²) >= 11 is 0. The number of amides is 1. The highest BCUT2D eigenvalue weighted by atomic mass is 19.4. The molecule has 198 valence electrons. The van der Waals surface area contributed by atoms with E-state index in [2.05, 4.69) is 25.3 Å². The molecule has 1 aliphatic rings. The number of ether oxygens (including phenoxy) is 1. The third-order valence-corrected chi connectivity index (χ3v) is 6.50. The molecule has 1 amide bonds. The lowest BCUT2D eigenvalue weighted by atomic mass is 9.78. The molecule has 3 N–H and O–H groups in total. The lowest BCUT2D eigenvalue weighted by Crippen LogP contribution is -2.45. The average molecular weight is 527 g/mol. The fourth-order valence-electron chi connectivity index (χ4n) is 4.59. The Balaban J connectivity index is 1.40. The summed E-state index contributed by atoms with van der Waals surface area (Å²) in [5.74, 6) is 1.09. The molecule has 0 aliphatic heterocycles. The molecule has 12 heteroatoms. The first-order chi connectivity index (χ1) is 18.1. The molecule has 1 fully saturated rings. The highest BCUT2D eigenvalue weighted by molar-refractivity contribution is 5.98. The van der Waals surface area contributed by atoms with E-state index >= 15 is 0 Å². The molecule has 3 aromatic heterocycles. The first-order valence-corrected chi connectivity index (χ1v) is 12.0. The van der Waals surface area contributed by atoms with Crippen LogP contribution in [0.2, 0.25) is 0 Å². The van der Waals surface area contributed by atoms with Crippen LogP contribution in [0.15, 0.2) is 47.1 Å². The van der Waals surface area contributed by atoms with Gasteiger partial charge in [-0.25, -0.2) is 19.9 Å². The maximum absolute atomic E-state index is 13.3. The van der Waals surface area contributed by atoms with Crippen LogP contribution in [0.4, 0.5) is 13.2 Å². The Hall–Kier alpha value is -4.06. The maximum Gasteiger partial charge on any atom is 0.433 e. The molecule has 1 aliphatic carbocycles. The smallest absolute Gasteiger partial charge is 0.433 e. The van der Waals surface area contributed by atoms with Crippen LogP contribution in [0.25, 0.3) is 22.4 Å². The number of hydrogen-bond donors (Lipinski definition) is 2. The van der Waals surface area contributed by atoms with E-state index in [1.54, 1.807) is 31.5 Å². The Morgan fingerprint density at radius 3 is 2.58 bits per heavy atom. The number of nitrogens with one attached hydrogen (secondary N) is 1. The topological polar surface area (TPSA) is 129 Å². The van der Waals surface area contributed by atoms with Crippen molar-refractivity contribution in [2.45, 2.75) is 44.4 Å². The molecule has 9 nitrogen and oxygen atoms in total. The normalized spacial score (nSPS) is 18.2. The van der Waals surface area contributed by atoms with Gasteiger partial charge in [-0.2, -0.15) is 13.2 Å². The molecule has 38 heavy (non-hydrogen) atoms. The van der Waals surface area contributed by atoms with E-state index in [0.29, 0.717) is 16.9 Å². The lowest BCUT2D eigenvalue weighted by Gasteiger charge is -2.35. The van der Waals surface area contributed by atoms with E-state index in [1.165, 1.54) is 19.2 Å². The third kappa shape index (κ3) is 5.03. The van der Waals surface area contributed by atoms with Crippen molar-refractivity contribution < 1.29 is 27.1 Å². The number of carbonyl (C=O) groups excluding carboxylic acids is 1. The van der Waals surface area contributed by atoms with E-state index in [4.69, 9.17) is 14.9 Å². The number of hydrogen-bond acceptors (Lipinski definition) is 8. The van der Waals surface area contributed by atoms with Crippen LogP contribution in [0.3, 0.4) is 0 Å². The van der Waals surface area contributed by atoms with Crippen molar-refractivity contribution in [3.05, 3.63) is 65.7 Å². The van der Waals surface area contributed by atoms with Crippen molar-refractivity contribution >= 4 is 16.8 Å². The Kier molecular flexibility index (Phi) is 6.74. The fraction of sp³-hybridized carbons (Fsp3) is 0.346. The van der Waals surface area contributed by atoms with Crippen molar-refractivity contribution in [2.75, 3.05) is 7.11 Å². The van der Waals surface area contributed by atoms with Crippen LogP contribution in [-0.2, 0) is 12.6 Å². The van der Waals surface area contributed by atoms with Crippen molar-refractivity contribution in [1.82, 2.24) is 25.3 Å². The minimum absolute atomic E-state index is 0.00530. The second-order valence-corrected chi connectivity index (χ2v) is 9.30. The number of nitrogens with two attached hydrogens (primary N) is 1. The van der Waals surface area contributed by atoms with Crippen LogP contribution in [-0.4, -0.2) is 39.0 Å².